The molecule has 7 nitrogen and oxygen atoms in total. The highest BCUT2D eigenvalue weighted by Crippen LogP contribution is 2.59. The van der Waals surface area contributed by atoms with Gasteiger partial charge in [-0.2, -0.15) is 0 Å². The van der Waals surface area contributed by atoms with Crippen molar-refractivity contribution in [2.75, 3.05) is 13.1 Å². The minimum Gasteiger partial charge on any atom is -0.481 e. The van der Waals surface area contributed by atoms with Gasteiger partial charge in [-0.1, -0.05) is 12.1 Å². The number of hydrogen-bond acceptors (Lipinski definition) is 4. The minimum absolute atomic E-state index is 0.138. The summed E-state index contributed by atoms with van der Waals surface area (Å²) in [6.45, 7) is 2.59. The number of carboxylic acid groups (broad SMARTS) is 1. The molecule has 1 spiro atoms. The number of nitro groups is 1. The zero-order valence-corrected chi connectivity index (χ0v) is 12.8. The highest BCUT2D eigenvalue weighted by molar-refractivity contribution is 5.99. The van der Waals surface area contributed by atoms with E-state index in [-0.39, 0.29) is 28.5 Å². The van der Waals surface area contributed by atoms with E-state index in [1.807, 2.05) is 0 Å². The van der Waals surface area contributed by atoms with Crippen LogP contribution < -0.4 is 0 Å². The first-order valence-corrected chi connectivity index (χ1v) is 7.62. The molecular formula is C16H18N2O5. The molecule has 1 aliphatic heterocycles. The predicted octanol–water partition coefficient (Wildman–Crippen LogP) is 2.23. The van der Waals surface area contributed by atoms with Crippen LogP contribution in [0.25, 0.3) is 0 Å². The first kappa shape index (κ1) is 15.5. The molecule has 0 aromatic heterocycles. The van der Waals surface area contributed by atoms with Crippen molar-refractivity contribution in [2.45, 2.75) is 26.2 Å². The van der Waals surface area contributed by atoms with Crippen molar-refractivity contribution in [1.82, 2.24) is 4.90 Å². The summed E-state index contributed by atoms with van der Waals surface area (Å²) in [6, 6.07) is 4.59. The van der Waals surface area contributed by atoms with Crippen LogP contribution in [0, 0.1) is 28.4 Å². The van der Waals surface area contributed by atoms with Crippen molar-refractivity contribution in [3.05, 3.63) is 39.4 Å². The highest BCUT2D eigenvalue weighted by Gasteiger charge is 2.59. The molecule has 1 amide bonds. The van der Waals surface area contributed by atoms with Crippen molar-refractivity contribution >= 4 is 17.6 Å². The van der Waals surface area contributed by atoms with Crippen LogP contribution in [0.3, 0.4) is 0 Å². The maximum Gasteiger partial charge on any atom is 0.307 e. The van der Waals surface area contributed by atoms with Crippen molar-refractivity contribution < 1.29 is 19.6 Å². The van der Waals surface area contributed by atoms with Gasteiger partial charge in [-0.05, 0) is 37.2 Å². The molecule has 7 heteroatoms. The number of nitro benzene ring substituents is 1. The second kappa shape index (κ2) is 5.33. The highest BCUT2D eigenvalue weighted by atomic mass is 16.6. The van der Waals surface area contributed by atoms with E-state index in [0.29, 0.717) is 37.9 Å². The van der Waals surface area contributed by atoms with E-state index in [2.05, 4.69) is 0 Å². The van der Waals surface area contributed by atoms with Gasteiger partial charge in [0.25, 0.3) is 11.6 Å². The molecule has 1 unspecified atom stereocenters. The normalized spacial score (nSPS) is 22.0. The Labute approximate surface area is 133 Å². The third kappa shape index (κ3) is 2.56. The molecule has 0 radical (unpaired) electrons. The fraction of sp³-hybridized carbons (Fsp3) is 0.500. The Morgan fingerprint density at radius 2 is 2.00 bits per heavy atom. The number of aryl methyl sites for hydroxylation is 1. The molecule has 2 fully saturated rings. The second-order valence-corrected chi connectivity index (χ2v) is 6.48. The average molecular weight is 318 g/mol. The third-order valence-corrected chi connectivity index (χ3v) is 5.20. The quantitative estimate of drug-likeness (QED) is 0.680. The lowest BCUT2D eigenvalue weighted by Crippen LogP contribution is -2.40. The summed E-state index contributed by atoms with van der Waals surface area (Å²) < 4.78 is 0. The molecule has 23 heavy (non-hydrogen) atoms. The number of carbonyl (C=O) groups excluding carboxylic acids is 1. The number of likely N-dealkylation sites (tertiary alicyclic amines) is 1. The van der Waals surface area contributed by atoms with Crippen LogP contribution in [0.5, 0.6) is 0 Å². The summed E-state index contributed by atoms with van der Waals surface area (Å²) >= 11 is 0. The smallest absolute Gasteiger partial charge is 0.307 e. The number of aliphatic carboxylic acids is 1. The van der Waals surface area contributed by atoms with E-state index in [4.69, 9.17) is 5.11 Å². The van der Waals surface area contributed by atoms with Crippen molar-refractivity contribution in [1.29, 1.82) is 0 Å². The molecule has 1 heterocycles. The number of amides is 1. The van der Waals surface area contributed by atoms with E-state index >= 15 is 0 Å². The third-order valence-electron chi connectivity index (χ3n) is 5.20. The minimum atomic E-state index is -0.765. The Kier molecular flexibility index (Phi) is 3.58. The SMILES string of the molecule is Cc1cccc([N+](=O)[O-])c1C(=O)N1CCC2(CC1)CC2C(=O)O. The molecule has 1 saturated heterocycles. The number of benzene rings is 1. The molecule has 1 saturated carbocycles. The molecule has 2 aliphatic rings. The first-order chi connectivity index (χ1) is 10.9. The first-order valence-electron chi connectivity index (χ1n) is 7.62. The van der Waals surface area contributed by atoms with E-state index in [1.165, 1.54) is 6.07 Å². The molecule has 1 atom stereocenters. The average Bonchev–Trinajstić information content (AvgIpc) is 3.21. The lowest BCUT2D eigenvalue weighted by molar-refractivity contribution is -0.385. The number of piperidine rings is 1. The van der Waals surface area contributed by atoms with Crippen LogP contribution in [0.1, 0.15) is 35.2 Å². The summed E-state index contributed by atoms with van der Waals surface area (Å²) in [4.78, 5) is 36.0. The van der Waals surface area contributed by atoms with E-state index in [1.54, 1.807) is 24.0 Å². The van der Waals surface area contributed by atoms with Crippen LogP contribution in [0.4, 0.5) is 5.69 Å². The van der Waals surface area contributed by atoms with Gasteiger partial charge in [0, 0.05) is 19.2 Å². The monoisotopic (exact) mass is 318 g/mol. The number of carboxylic acids is 1. The molecule has 1 N–H and O–H groups in total. The summed E-state index contributed by atoms with van der Waals surface area (Å²) in [5, 5.41) is 20.3. The Morgan fingerprint density at radius 1 is 1.35 bits per heavy atom. The fourth-order valence-corrected chi connectivity index (χ4v) is 3.65. The van der Waals surface area contributed by atoms with Gasteiger partial charge < -0.3 is 10.0 Å². The maximum atomic E-state index is 12.7. The standard InChI is InChI=1S/C16H18N2O5/c1-10-3-2-4-12(18(22)23)13(10)14(19)17-7-5-16(6-8-17)9-11(16)15(20)21/h2-4,11H,5-9H2,1H3,(H,20,21). The Bertz CT molecular complexity index is 692. The van der Waals surface area contributed by atoms with Gasteiger partial charge in [-0.15, -0.1) is 0 Å². The zero-order chi connectivity index (χ0) is 16.8. The molecule has 1 aromatic rings. The number of carbonyl (C=O) groups is 2. The molecule has 1 aromatic carbocycles. The number of hydrogen-bond donors (Lipinski definition) is 1. The van der Waals surface area contributed by atoms with Gasteiger partial charge >= 0.3 is 5.97 Å². The molecular weight excluding hydrogens is 300 g/mol. The lowest BCUT2D eigenvalue weighted by Gasteiger charge is -2.32. The van der Waals surface area contributed by atoms with Crippen molar-refractivity contribution in [3.63, 3.8) is 0 Å². The fourth-order valence-electron chi connectivity index (χ4n) is 3.65. The van der Waals surface area contributed by atoms with Gasteiger partial charge in [0.05, 0.1) is 10.8 Å². The van der Waals surface area contributed by atoms with E-state index in [9.17, 15) is 19.7 Å². The summed E-state index contributed by atoms with van der Waals surface area (Å²) in [6.07, 6.45) is 1.97. The topological polar surface area (TPSA) is 101 Å². The second-order valence-electron chi connectivity index (χ2n) is 6.48. The Hall–Kier alpha value is -2.44. The Balaban J connectivity index is 1.76. The molecule has 3 rings (SSSR count). The van der Waals surface area contributed by atoms with Crippen molar-refractivity contribution in [2.24, 2.45) is 11.3 Å². The van der Waals surface area contributed by atoms with Crippen LogP contribution in [-0.2, 0) is 4.79 Å². The van der Waals surface area contributed by atoms with Gasteiger partial charge in [-0.3, -0.25) is 19.7 Å². The zero-order valence-electron chi connectivity index (χ0n) is 12.8. The number of nitrogens with zero attached hydrogens (tertiary/aromatic N) is 2. The van der Waals surface area contributed by atoms with Crippen LogP contribution in [0.2, 0.25) is 0 Å². The van der Waals surface area contributed by atoms with E-state index in [0.717, 1.165) is 0 Å². The lowest BCUT2D eigenvalue weighted by atomic mass is 9.90. The summed E-state index contributed by atoms with van der Waals surface area (Å²) in [7, 11) is 0. The van der Waals surface area contributed by atoms with E-state index < -0.39 is 10.9 Å². The van der Waals surface area contributed by atoms with Gasteiger partial charge in [0.2, 0.25) is 0 Å². The van der Waals surface area contributed by atoms with Crippen LogP contribution >= 0.6 is 0 Å². The Morgan fingerprint density at radius 3 is 2.52 bits per heavy atom. The van der Waals surface area contributed by atoms with Crippen LogP contribution in [0.15, 0.2) is 18.2 Å². The summed E-state index contributed by atoms with van der Waals surface area (Å²) in [5.41, 5.74) is 0.378. The predicted molar refractivity (Wildman–Crippen MR) is 81.1 cm³/mol. The maximum absolute atomic E-state index is 12.7. The van der Waals surface area contributed by atoms with Crippen LogP contribution in [-0.4, -0.2) is 39.9 Å². The van der Waals surface area contributed by atoms with Gasteiger partial charge in [-0.25, -0.2) is 0 Å². The molecule has 0 bridgehead atoms. The molecule has 122 valence electrons. The number of rotatable bonds is 3. The van der Waals surface area contributed by atoms with Crippen molar-refractivity contribution in [3.8, 4) is 0 Å². The van der Waals surface area contributed by atoms with Gasteiger partial charge in [0.1, 0.15) is 5.56 Å². The molecule has 1 aliphatic carbocycles. The largest absolute Gasteiger partial charge is 0.481 e. The summed E-state index contributed by atoms with van der Waals surface area (Å²) in [5.74, 6) is -1.40. The van der Waals surface area contributed by atoms with Gasteiger partial charge in [0.15, 0.2) is 0 Å².